The summed E-state index contributed by atoms with van der Waals surface area (Å²) in [6.07, 6.45) is 1.33. The predicted octanol–water partition coefficient (Wildman–Crippen LogP) is 3.31. The maximum absolute atomic E-state index is 10.7. The average molecular weight is 282 g/mol. The first-order valence-electron chi connectivity index (χ1n) is 6.71. The lowest BCUT2D eigenvalue weighted by atomic mass is 9.92. The van der Waals surface area contributed by atoms with E-state index in [0.717, 1.165) is 11.3 Å². The molecule has 106 valence electrons. The van der Waals surface area contributed by atoms with Gasteiger partial charge in [-0.1, -0.05) is 41.6 Å². The molecule has 5 nitrogen and oxygen atoms in total. The third-order valence-electron chi connectivity index (χ3n) is 3.92. The van der Waals surface area contributed by atoms with Crippen LogP contribution in [0.3, 0.4) is 0 Å². The van der Waals surface area contributed by atoms with Crippen LogP contribution in [-0.4, -0.2) is 15.8 Å². The lowest BCUT2D eigenvalue weighted by molar-refractivity contribution is -0.384. The molecule has 0 bridgehead atoms. The fraction of sp³-hybridized carbons (Fsp3) is 0.188. The van der Waals surface area contributed by atoms with Crippen molar-refractivity contribution in [3.63, 3.8) is 0 Å². The summed E-state index contributed by atoms with van der Waals surface area (Å²) in [7, 11) is 0. The van der Waals surface area contributed by atoms with Crippen LogP contribution in [-0.2, 0) is 12.8 Å². The van der Waals surface area contributed by atoms with Crippen LogP contribution in [0.4, 0.5) is 5.69 Å². The van der Waals surface area contributed by atoms with Gasteiger partial charge < -0.3 is 5.21 Å². The second-order valence-corrected chi connectivity index (χ2v) is 5.15. The van der Waals surface area contributed by atoms with Crippen LogP contribution in [0.15, 0.2) is 53.7 Å². The maximum Gasteiger partial charge on any atom is 0.269 e. The highest BCUT2D eigenvalue weighted by Crippen LogP contribution is 2.33. The van der Waals surface area contributed by atoms with E-state index in [9.17, 15) is 15.3 Å². The van der Waals surface area contributed by atoms with E-state index in [0.29, 0.717) is 12.8 Å². The summed E-state index contributed by atoms with van der Waals surface area (Å²) in [6, 6.07) is 14.6. The topological polar surface area (TPSA) is 75.7 Å². The van der Waals surface area contributed by atoms with Gasteiger partial charge in [-0.25, -0.2) is 0 Å². The fourth-order valence-corrected chi connectivity index (χ4v) is 2.86. The van der Waals surface area contributed by atoms with Gasteiger partial charge in [-0.15, -0.1) is 0 Å². The number of rotatable bonds is 3. The molecule has 1 unspecified atom stereocenters. The summed E-state index contributed by atoms with van der Waals surface area (Å²) in [4.78, 5) is 10.3. The van der Waals surface area contributed by atoms with E-state index >= 15 is 0 Å². The van der Waals surface area contributed by atoms with Crippen molar-refractivity contribution in [3.8, 4) is 0 Å². The van der Waals surface area contributed by atoms with Gasteiger partial charge in [0.05, 0.1) is 10.6 Å². The molecule has 0 aromatic heterocycles. The van der Waals surface area contributed by atoms with Gasteiger partial charge in [0.15, 0.2) is 0 Å². The minimum Gasteiger partial charge on any atom is -0.411 e. The largest absolute Gasteiger partial charge is 0.411 e. The summed E-state index contributed by atoms with van der Waals surface area (Å²) >= 11 is 0. The van der Waals surface area contributed by atoms with Crippen molar-refractivity contribution in [2.45, 2.75) is 18.8 Å². The van der Waals surface area contributed by atoms with Crippen molar-refractivity contribution in [1.82, 2.24) is 0 Å². The first-order valence-corrected chi connectivity index (χ1v) is 6.71. The number of non-ortho nitro benzene ring substituents is 1. The van der Waals surface area contributed by atoms with Crippen molar-refractivity contribution < 1.29 is 10.1 Å². The first-order chi connectivity index (χ1) is 10.2. The van der Waals surface area contributed by atoms with Crippen LogP contribution in [0.1, 0.15) is 22.6 Å². The van der Waals surface area contributed by atoms with Crippen LogP contribution in [0, 0.1) is 10.1 Å². The molecule has 1 aliphatic rings. The number of nitrogens with zero attached hydrogens (tertiary/aromatic N) is 2. The second kappa shape index (κ2) is 5.36. The van der Waals surface area contributed by atoms with E-state index in [1.54, 1.807) is 12.1 Å². The van der Waals surface area contributed by atoms with Crippen LogP contribution in [0.5, 0.6) is 0 Å². The molecule has 0 amide bonds. The third-order valence-corrected chi connectivity index (χ3v) is 3.92. The lowest BCUT2D eigenvalue weighted by Crippen LogP contribution is -2.10. The summed E-state index contributed by atoms with van der Waals surface area (Å²) in [5, 5.41) is 23.3. The molecule has 0 saturated carbocycles. The molecule has 2 aromatic rings. The van der Waals surface area contributed by atoms with Crippen LogP contribution < -0.4 is 0 Å². The monoisotopic (exact) mass is 282 g/mol. The van der Waals surface area contributed by atoms with Crippen LogP contribution in [0.2, 0.25) is 0 Å². The number of fused-ring (bicyclic) bond motifs is 1. The minimum atomic E-state index is -0.407. The van der Waals surface area contributed by atoms with Gasteiger partial charge in [0.25, 0.3) is 5.69 Å². The molecule has 1 atom stereocenters. The number of oxime groups is 1. The average Bonchev–Trinajstić information content (AvgIpc) is 2.86. The number of hydrogen-bond acceptors (Lipinski definition) is 4. The first kappa shape index (κ1) is 13.3. The van der Waals surface area contributed by atoms with E-state index in [2.05, 4.69) is 5.16 Å². The van der Waals surface area contributed by atoms with Gasteiger partial charge in [-0.3, -0.25) is 10.1 Å². The van der Waals surface area contributed by atoms with E-state index in [1.807, 2.05) is 24.3 Å². The quantitative estimate of drug-likeness (QED) is 0.533. The Morgan fingerprint density at radius 3 is 2.57 bits per heavy atom. The molecule has 1 N–H and O–H groups in total. The van der Waals surface area contributed by atoms with Gasteiger partial charge in [0.1, 0.15) is 0 Å². The van der Waals surface area contributed by atoms with Crippen molar-refractivity contribution in [2.24, 2.45) is 5.16 Å². The van der Waals surface area contributed by atoms with Crippen molar-refractivity contribution >= 4 is 11.4 Å². The number of hydrogen-bond donors (Lipinski definition) is 1. The van der Waals surface area contributed by atoms with Gasteiger partial charge in [-0.2, -0.15) is 0 Å². The van der Waals surface area contributed by atoms with Crippen molar-refractivity contribution in [2.75, 3.05) is 0 Å². The molecular weight excluding hydrogens is 268 g/mol. The maximum atomic E-state index is 10.7. The van der Waals surface area contributed by atoms with Crippen molar-refractivity contribution in [3.05, 3.63) is 75.3 Å². The molecule has 0 spiro atoms. The Kier molecular flexibility index (Phi) is 3.39. The minimum absolute atomic E-state index is 0.0349. The Bertz CT molecular complexity index is 708. The van der Waals surface area contributed by atoms with E-state index in [1.165, 1.54) is 23.3 Å². The number of nitro benzene ring substituents is 1. The molecule has 3 rings (SSSR count). The Morgan fingerprint density at radius 1 is 1.19 bits per heavy atom. The van der Waals surface area contributed by atoms with Gasteiger partial charge >= 0.3 is 0 Å². The Labute approximate surface area is 121 Å². The fourth-order valence-electron chi connectivity index (χ4n) is 2.86. The number of benzene rings is 2. The van der Waals surface area contributed by atoms with Crippen LogP contribution in [0.25, 0.3) is 0 Å². The Hall–Kier alpha value is -2.69. The molecule has 0 heterocycles. The molecule has 0 fully saturated rings. The van der Waals surface area contributed by atoms with Gasteiger partial charge in [-0.05, 0) is 23.1 Å². The zero-order valence-electron chi connectivity index (χ0n) is 11.3. The Balaban J connectivity index is 1.88. The molecule has 5 heteroatoms. The van der Waals surface area contributed by atoms with Crippen molar-refractivity contribution in [1.29, 1.82) is 0 Å². The summed E-state index contributed by atoms with van der Waals surface area (Å²) in [5.74, 6) is 0.0349. The summed E-state index contributed by atoms with van der Waals surface area (Å²) < 4.78 is 0. The molecule has 21 heavy (non-hydrogen) atoms. The standard InChI is InChI=1S/C16H14N2O3/c19-17-16-10-12-3-1-2-4-14(12)15(16)9-11-5-7-13(8-6-11)18(20)21/h1-8,15,19H,9-10H2/b17-16+. The van der Waals surface area contributed by atoms with Crippen LogP contribution >= 0.6 is 0 Å². The van der Waals surface area contributed by atoms with Gasteiger partial charge in [0.2, 0.25) is 0 Å². The normalized spacial score (nSPS) is 18.7. The van der Waals surface area contributed by atoms with E-state index < -0.39 is 4.92 Å². The highest BCUT2D eigenvalue weighted by atomic mass is 16.6. The zero-order valence-corrected chi connectivity index (χ0v) is 11.3. The molecule has 1 aliphatic carbocycles. The second-order valence-electron chi connectivity index (χ2n) is 5.15. The molecule has 0 saturated heterocycles. The number of nitro groups is 1. The zero-order chi connectivity index (χ0) is 14.8. The van der Waals surface area contributed by atoms with E-state index in [4.69, 9.17) is 0 Å². The lowest BCUT2D eigenvalue weighted by Gasteiger charge is -2.12. The smallest absolute Gasteiger partial charge is 0.269 e. The Morgan fingerprint density at radius 2 is 1.90 bits per heavy atom. The summed E-state index contributed by atoms with van der Waals surface area (Å²) in [5.41, 5.74) is 4.17. The highest BCUT2D eigenvalue weighted by Gasteiger charge is 2.29. The highest BCUT2D eigenvalue weighted by molar-refractivity contribution is 5.96. The summed E-state index contributed by atoms with van der Waals surface area (Å²) in [6.45, 7) is 0. The van der Waals surface area contributed by atoms with E-state index in [-0.39, 0.29) is 11.6 Å². The predicted molar refractivity (Wildman–Crippen MR) is 78.9 cm³/mol. The molecular formula is C16H14N2O3. The molecule has 2 aromatic carbocycles. The van der Waals surface area contributed by atoms with Gasteiger partial charge in [0, 0.05) is 24.5 Å². The molecule has 0 radical (unpaired) electrons. The molecule has 0 aliphatic heterocycles. The SMILES string of the molecule is O=[N+]([O-])c1ccc(CC2/C(=N/O)Cc3ccccc32)cc1. The third kappa shape index (κ3) is 2.50.